The molecule has 5 nitrogen and oxygen atoms in total. The van der Waals surface area contributed by atoms with Crippen LogP contribution in [0.4, 0.5) is 0 Å². The van der Waals surface area contributed by atoms with Crippen molar-refractivity contribution in [2.24, 2.45) is 0 Å². The molecule has 0 bridgehead atoms. The minimum atomic E-state index is 0.172. The van der Waals surface area contributed by atoms with Crippen LogP contribution >= 0.6 is 0 Å². The quantitative estimate of drug-likeness (QED) is 0.779. The first-order valence-electron chi connectivity index (χ1n) is 7.80. The molecule has 0 atom stereocenters. The average Bonchev–Trinajstić information content (AvgIpc) is 2.47. The van der Waals surface area contributed by atoms with Gasteiger partial charge in [0.1, 0.15) is 6.61 Å². The van der Waals surface area contributed by atoms with Crippen LogP contribution in [0.5, 0.6) is 11.5 Å². The molecule has 1 aromatic rings. The standard InChI is InChI=1S/C17H28N2O3/c1-17(2)13-19(8-7-18-17)12-14-5-6-15(16(11-14)21-4)22-10-9-20-3/h5-6,11,18H,7-10,12-13H2,1-4H3. The number of ether oxygens (including phenoxy) is 3. The van der Waals surface area contributed by atoms with Gasteiger partial charge in [-0.3, -0.25) is 4.90 Å². The van der Waals surface area contributed by atoms with Gasteiger partial charge in [0.05, 0.1) is 13.7 Å². The maximum absolute atomic E-state index is 5.67. The lowest BCUT2D eigenvalue weighted by molar-refractivity contribution is 0.143. The maximum atomic E-state index is 5.67. The van der Waals surface area contributed by atoms with Crippen LogP contribution < -0.4 is 14.8 Å². The third-order valence-corrected chi connectivity index (χ3v) is 3.83. The zero-order valence-corrected chi connectivity index (χ0v) is 14.1. The first-order chi connectivity index (χ1) is 10.5. The summed E-state index contributed by atoms with van der Waals surface area (Å²) in [6.07, 6.45) is 0. The predicted octanol–water partition coefficient (Wildman–Crippen LogP) is 1.90. The fraction of sp³-hybridized carbons (Fsp3) is 0.647. The first-order valence-corrected chi connectivity index (χ1v) is 7.80. The molecule has 0 saturated carbocycles. The second-order valence-corrected chi connectivity index (χ2v) is 6.35. The Hall–Kier alpha value is -1.30. The molecule has 0 unspecified atom stereocenters. The highest BCUT2D eigenvalue weighted by molar-refractivity contribution is 5.43. The zero-order valence-electron chi connectivity index (χ0n) is 14.1. The highest BCUT2D eigenvalue weighted by Crippen LogP contribution is 2.28. The lowest BCUT2D eigenvalue weighted by Gasteiger charge is -2.39. The Morgan fingerprint density at radius 2 is 2.00 bits per heavy atom. The first kappa shape index (κ1) is 17.1. The number of piperazine rings is 1. The van der Waals surface area contributed by atoms with Crippen LogP contribution in [0.15, 0.2) is 18.2 Å². The zero-order chi connectivity index (χ0) is 16.0. The van der Waals surface area contributed by atoms with Crippen LogP contribution in [-0.4, -0.2) is 57.5 Å². The van der Waals surface area contributed by atoms with E-state index in [1.54, 1.807) is 14.2 Å². The van der Waals surface area contributed by atoms with Crippen molar-refractivity contribution in [1.82, 2.24) is 10.2 Å². The van der Waals surface area contributed by atoms with Crippen LogP contribution in [0, 0.1) is 0 Å². The van der Waals surface area contributed by atoms with Gasteiger partial charge in [-0.15, -0.1) is 0 Å². The van der Waals surface area contributed by atoms with E-state index in [9.17, 15) is 0 Å². The van der Waals surface area contributed by atoms with Gasteiger partial charge in [-0.2, -0.15) is 0 Å². The average molecular weight is 308 g/mol. The number of benzene rings is 1. The summed E-state index contributed by atoms with van der Waals surface area (Å²) in [5.41, 5.74) is 1.42. The fourth-order valence-electron chi connectivity index (χ4n) is 2.80. The van der Waals surface area contributed by atoms with Gasteiger partial charge in [0.15, 0.2) is 11.5 Å². The summed E-state index contributed by atoms with van der Waals surface area (Å²) in [7, 11) is 3.34. The third-order valence-electron chi connectivity index (χ3n) is 3.83. The number of hydrogen-bond donors (Lipinski definition) is 1. The summed E-state index contributed by atoms with van der Waals surface area (Å²) >= 11 is 0. The molecule has 0 spiro atoms. The van der Waals surface area contributed by atoms with E-state index >= 15 is 0 Å². The van der Waals surface area contributed by atoms with E-state index in [1.807, 2.05) is 6.07 Å². The molecule has 0 radical (unpaired) electrons. The molecule has 22 heavy (non-hydrogen) atoms. The van der Waals surface area contributed by atoms with Crippen LogP contribution in [-0.2, 0) is 11.3 Å². The molecule has 2 rings (SSSR count). The Labute approximate surface area is 133 Å². The monoisotopic (exact) mass is 308 g/mol. The molecule has 0 amide bonds. The van der Waals surface area contributed by atoms with E-state index < -0.39 is 0 Å². The Balaban J connectivity index is 1.99. The Kier molecular flexibility index (Phi) is 6.06. The van der Waals surface area contributed by atoms with Gasteiger partial charge >= 0.3 is 0 Å². The Bertz CT molecular complexity index is 477. The summed E-state index contributed by atoms with van der Waals surface area (Å²) in [4.78, 5) is 2.47. The maximum Gasteiger partial charge on any atom is 0.161 e. The van der Waals surface area contributed by atoms with E-state index in [2.05, 4.69) is 36.2 Å². The van der Waals surface area contributed by atoms with Crippen LogP contribution in [0.25, 0.3) is 0 Å². The number of methoxy groups -OCH3 is 2. The van der Waals surface area contributed by atoms with E-state index in [0.29, 0.717) is 13.2 Å². The van der Waals surface area contributed by atoms with Crippen molar-refractivity contribution in [2.75, 3.05) is 47.1 Å². The van der Waals surface area contributed by atoms with Gasteiger partial charge in [0.2, 0.25) is 0 Å². The van der Waals surface area contributed by atoms with Gasteiger partial charge in [-0.05, 0) is 31.5 Å². The third kappa shape index (κ3) is 4.87. The molecule has 1 saturated heterocycles. The van der Waals surface area contributed by atoms with Crippen molar-refractivity contribution < 1.29 is 14.2 Å². The minimum Gasteiger partial charge on any atom is -0.493 e. The van der Waals surface area contributed by atoms with E-state index in [4.69, 9.17) is 14.2 Å². The topological polar surface area (TPSA) is 43.0 Å². The summed E-state index contributed by atoms with van der Waals surface area (Å²) in [5, 5.41) is 3.54. The van der Waals surface area contributed by atoms with Gasteiger partial charge in [0.25, 0.3) is 0 Å². The molecule has 1 aliphatic rings. The molecule has 1 heterocycles. The number of nitrogens with zero attached hydrogens (tertiary/aromatic N) is 1. The van der Waals surface area contributed by atoms with Crippen molar-refractivity contribution in [1.29, 1.82) is 0 Å². The molecule has 1 fully saturated rings. The van der Waals surface area contributed by atoms with Gasteiger partial charge < -0.3 is 19.5 Å². The lowest BCUT2D eigenvalue weighted by Crippen LogP contribution is -2.56. The van der Waals surface area contributed by atoms with Crippen LogP contribution in [0.2, 0.25) is 0 Å². The van der Waals surface area contributed by atoms with E-state index in [1.165, 1.54) is 5.56 Å². The SMILES string of the molecule is COCCOc1ccc(CN2CCNC(C)(C)C2)cc1OC. The van der Waals surface area contributed by atoms with Crippen LogP contribution in [0.3, 0.4) is 0 Å². The summed E-state index contributed by atoms with van der Waals surface area (Å²) in [6, 6.07) is 6.16. The number of nitrogens with one attached hydrogen (secondary N) is 1. The minimum absolute atomic E-state index is 0.172. The van der Waals surface area contributed by atoms with Crippen molar-refractivity contribution in [3.63, 3.8) is 0 Å². The number of hydrogen-bond acceptors (Lipinski definition) is 5. The molecule has 124 valence electrons. The number of rotatable bonds is 7. The Morgan fingerprint density at radius 3 is 2.68 bits per heavy atom. The van der Waals surface area contributed by atoms with Crippen LogP contribution in [0.1, 0.15) is 19.4 Å². The van der Waals surface area contributed by atoms with Gasteiger partial charge in [-0.25, -0.2) is 0 Å². The molecular formula is C17H28N2O3. The highest BCUT2D eigenvalue weighted by atomic mass is 16.5. The summed E-state index contributed by atoms with van der Waals surface area (Å²) in [5.74, 6) is 1.55. The highest BCUT2D eigenvalue weighted by Gasteiger charge is 2.25. The van der Waals surface area contributed by atoms with Gasteiger partial charge in [-0.1, -0.05) is 6.07 Å². The normalized spacial score (nSPS) is 18.2. The molecule has 1 N–H and O–H groups in total. The van der Waals surface area contributed by atoms with Crippen molar-refractivity contribution >= 4 is 0 Å². The van der Waals surface area contributed by atoms with E-state index in [-0.39, 0.29) is 5.54 Å². The molecule has 0 aliphatic carbocycles. The second-order valence-electron chi connectivity index (χ2n) is 6.35. The van der Waals surface area contributed by atoms with Gasteiger partial charge in [0, 0.05) is 38.8 Å². The largest absolute Gasteiger partial charge is 0.493 e. The molecule has 1 aromatic carbocycles. The van der Waals surface area contributed by atoms with Crippen molar-refractivity contribution in [3.05, 3.63) is 23.8 Å². The molecular weight excluding hydrogens is 280 g/mol. The molecule has 1 aliphatic heterocycles. The molecule has 5 heteroatoms. The lowest BCUT2D eigenvalue weighted by atomic mass is 10.0. The van der Waals surface area contributed by atoms with E-state index in [0.717, 1.165) is 37.7 Å². The second kappa shape index (κ2) is 7.81. The smallest absolute Gasteiger partial charge is 0.161 e. The predicted molar refractivity (Wildman–Crippen MR) is 87.7 cm³/mol. The summed E-state index contributed by atoms with van der Waals surface area (Å²) in [6.45, 7) is 9.65. The van der Waals surface area contributed by atoms with Crippen molar-refractivity contribution in [2.45, 2.75) is 25.9 Å². The summed E-state index contributed by atoms with van der Waals surface area (Å²) < 4.78 is 16.1. The van der Waals surface area contributed by atoms with Crippen molar-refractivity contribution in [3.8, 4) is 11.5 Å². The fourth-order valence-corrected chi connectivity index (χ4v) is 2.80. The molecule has 0 aromatic heterocycles. The Morgan fingerprint density at radius 1 is 1.18 bits per heavy atom.